The Morgan fingerprint density at radius 1 is 1.17 bits per heavy atom. The molecule has 1 amide bonds. The highest BCUT2D eigenvalue weighted by atomic mass is 16.5. The molecule has 7 nitrogen and oxygen atoms in total. The molecule has 0 spiro atoms. The molecule has 0 radical (unpaired) electrons. The van der Waals surface area contributed by atoms with Crippen LogP contribution in [0.1, 0.15) is 22.8 Å². The van der Waals surface area contributed by atoms with Crippen LogP contribution in [0.25, 0.3) is 6.08 Å². The molecule has 0 unspecified atom stereocenters. The van der Waals surface area contributed by atoms with Crippen molar-refractivity contribution < 1.29 is 23.8 Å². The van der Waals surface area contributed by atoms with E-state index in [1.54, 1.807) is 55.5 Å². The molecule has 0 saturated carbocycles. The van der Waals surface area contributed by atoms with Crippen LogP contribution in [0.3, 0.4) is 0 Å². The van der Waals surface area contributed by atoms with E-state index in [0.29, 0.717) is 34.0 Å². The van der Waals surface area contributed by atoms with E-state index in [1.165, 1.54) is 19.2 Å². The number of ether oxygens (including phenoxy) is 3. The predicted molar refractivity (Wildman–Crippen MR) is 114 cm³/mol. The van der Waals surface area contributed by atoms with Gasteiger partial charge in [-0.1, -0.05) is 12.0 Å². The Labute approximate surface area is 174 Å². The third-order valence-electron chi connectivity index (χ3n) is 4.41. The Bertz CT molecular complexity index is 1080. The van der Waals surface area contributed by atoms with E-state index < -0.39 is 5.97 Å². The van der Waals surface area contributed by atoms with Crippen molar-refractivity contribution in [2.75, 3.05) is 25.8 Å². The lowest BCUT2D eigenvalue weighted by molar-refractivity contribution is -0.114. The second kappa shape index (κ2) is 8.97. The number of carbonyl (C=O) groups is 2. The van der Waals surface area contributed by atoms with Gasteiger partial charge in [-0.25, -0.2) is 4.79 Å². The van der Waals surface area contributed by atoms with Crippen LogP contribution in [0.4, 0.5) is 5.69 Å². The lowest BCUT2D eigenvalue weighted by Crippen LogP contribution is -2.21. The second-order valence-electron chi connectivity index (χ2n) is 6.30. The summed E-state index contributed by atoms with van der Waals surface area (Å²) in [5.41, 5.74) is 2.71. The molecule has 7 heteroatoms. The van der Waals surface area contributed by atoms with Crippen LogP contribution in [0.15, 0.2) is 53.1 Å². The SMILES string of the molecule is C#CCOc1ccc(/C=C2\C(=O)N(c3ccc(C(=O)OC)cc3)N=C2C)cc1OC. The van der Waals surface area contributed by atoms with Gasteiger partial charge < -0.3 is 14.2 Å². The summed E-state index contributed by atoms with van der Waals surface area (Å²) >= 11 is 0. The van der Waals surface area contributed by atoms with Crippen molar-refractivity contribution in [1.82, 2.24) is 0 Å². The summed E-state index contributed by atoms with van der Waals surface area (Å²) in [4.78, 5) is 24.5. The molecule has 0 bridgehead atoms. The van der Waals surface area contributed by atoms with Gasteiger partial charge in [0, 0.05) is 0 Å². The first-order valence-corrected chi connectivity index (χ1v) is 9.03. The summed E-state index contributed by atoms with van der Waals surface area (Å²) < 4.78 is 15.5. The molecule has 1 aliphatic rings. The minimum absolute atomic E-state index is 0.130. The Hall–Kier alpha value is -4.05. The topological polar surface area (TPSA) is 77.4 Å². The Morgan fingerprint density at radius 2 is 1.90 bits per heavy atom. The summed E-state index contributed by atoms with van der Waals surface area (Å²) in [7, 11) is 2.84. The highest BCUT2D eigenvalue weighted by molar-refractivity contribution is 6.32. The Balaban J connectivity index is 1.86. The van der Waals surface area contributed by atoms with E-state index in [2.05, 4.69) is 15.8 Å². The number of hydrogen-bond donors (Lipinski definition) is 0. The number of benzene rings is 2. The number of anilines is 1. The first-order valence-electron chi connectivity index (χ1n) is 9.03. The number of amides is 1. The standard InChI is InChI=1S/C23H20N2O5/c1-5-12-30-20-11-6-16(14-21(20)28-3)13-19-15(2)24-25(22(19)26)18-9-7-17(8-10-18)23(27)29-4/h1,6-11,13-14H,12H2,2-4H3/b19-13-. The number of esters is 1. The molecule has 1 aliphatic heterocycles. The first kappa shape index (κ1) is 20.7. The fraction of sp³-hybridized carbons (Fsp3) is 0.174. The lowest BCUT2D eigenvalue weighted by Gasteiger charge is -2.12. The van der Waals surface area contributed by atoms with Crippen molar-refractivity contribution >= 4 is 29.4 Å². The van der Waals surface area contributed by atoms with Crippen molar-refractivity contribution in [3.63, 3.8) is 0 Å². The Kier molecular flexibility index (Phi) is 6.18. The second-order valence-corrected chi connectivity index (χ2v) is 6.30. The van der Waals surface area contributed by atoms with Crippen LogP contribution < -0.4 is 14.5 Å². The van der Waals surface area contributed by atoms with Crippen LogP contribution in [-0.2, 0) is 9.53 Å². The fourth-order valence-corrected chi connectivity index (χ4v) is 2.90. The molecular weight excluding hydrogens is 384 g/mol. The van der Waals surface area contributed by atoms with Gasteiger partial charge in [-0.05, 0) is 55.0 Å². The number of hydrazone groups is 1. The minimum atomic E-state index is -0.446. The molecule has 30 heavy (non-hydrogen) atoms. The van der Waals surface area contributed by atoms with Gasteiger partial charge in [-0.2, -0.15) is 10.1 Å². The van der Waals surface area contributed by atoms with Gasteiger partial charge in [-0.3, -0.25) is 4.79 Å². The summed E-state index contributed by atoms with van der Waals surface area (Å²) in [6.07, 6.45) is 6.96. The summed E-state index contributed by atoms with van der Waals surface area (Å²) in [5, 5.41) is 5.65. The zero-order chi connectivity index (χ0) is 21.7. The van der Waals surface area contributed by atoms with Gasteiger partial charge in [0.25, 0.3) is 5.91 Å². The summed E-state index contributed by atoms with van der Waals surface area (Å²) in [5.74, 6) is 2.72. The molecule has 0 aromatic heterocycles. The van der Waals surface area contributed by atoms with Gasteiger partial charge in [-0.15, -0.1) is 6.42 Å². The molecule has 0 aliphatic carbocycles. The maximum Gasteiger partial charge on any atom is 0.337 e. The van der Waals surface area contributed by atoms with Gasteiger partial charge >= 0.3 is 5.97 Å². The number of rotatable bonds is 6. The van der Waals surface area contributed by atoms with E-state index >= 15 is 0 Å². The van der Waals surface area contributed by atoms with Crippen molar-refractivity contribution in [1.29, 1.82) is 0 Å². The zero-order valence-electron chi connectivity index (χ0n) is 16.8. The molecule has 0 atom stereocenters. The average Bonchev–Trinajstić information content (AvgIpc) is 3.05. The van der Waals surface area contributed by atoms with Gasteiger partial charge in [0.05, 0.1) is 36.8 Å². The van der Waals surface area contributed by atoms with Gasteiger partial charge in [0.2, 0.25) is 0 Å². The van der Waals surface area contributed by atoms with E-state index in [9.17, 15) is 9.59 Å². The van der Waals surface area contributed by atoms with Crippen LogP contribution in [0.2, 0.25) is 0 Å². The molecule has 1 heterocycles. The molecular formula is C23H20N2O5. The molecule has 2 aromatic carbocycles. The van der Waals surface area contributed by atoms with E-state index in [1.807, 2.05) is 0 Å². The summed E-state index contributed by atoms with van der Waals surface area (Å²) in [6, 6.07) is 11.7. The highest BCUT2D eigenvalue weighted by Crippen LogP contribution is 2.30. The van der Waals surface area contributed by atoms with Gasteiger partial charge in [0.15, 0.2) is 11.5 Å². The monoisotopic (exact) mass is 404 g/mol. The van der Waals surface area contributed by atoms with Crippen LogP contribution in [0, 0.1) is 12.3 Å². The highest BCUT2D eigenvalue weighted by Gasteiger charge is 2.29. The number of carbonyl (C=O) groups excluding carboxylic acids is 2. The van der Waals surface area contributed by atoms with E-state index in [0.717, 1.165) is 5.56 Å². The lowest BCUT2D eigenvalue weighted by atomic mass is 10.1. The van der Waals surface area contributed by atoms with E-state index in [-0.39, 0.29) is 12.5 Å². The van der Waals surface area contributed by atoms with Crippen LogP contribution >= 0.6 is 0 Å². The number of hydrogen-bond acceptors (Lipinski definition) is 6. The number of terminal acetylenes is 1. The van der Waals surface area contributed by atoms with Crippen LogP contribution in [0.5, 0.6) is 11.5 Å². The fourth-order valence-electron chi connectivity index (χ4n) is 2.90. The molecule has 152 valence electrons. The number of nitrogens with zero attached hydrogens (tertiary/aromatic N) is 2. The van der Waals surface area contributed by atoms with Gasteiger partial charge in [0.1, 0.15) is 6.61 Å². The number of methoxy groups -OCH3 is 2. The molecule has 2 aromatic rings. The summed E-state index contributed by atoms with van der Waals surface area (Å²) in [6.45, 7) is 1.89. The maximum atomic E-state index is 12.9. The minimum Gasteiger partial charge on any atom is -0.493 e. The normalized spacial score (nSPS) is 14.3. The maximum absolute atomic E-state index is 12.9. The largest absolute Gasteiger partial charge is 0.493 e. The molecule has 3 rings (SSSR count). The first-order chi connectivity index (χ1) is 14.5. The third-order valence-corrected chi connectivity index (χ3v) is 4.41. The quantitative estimate of drug-likeness (QED) is 0.419. The Morgan fingerprint density at radius 3 is 2.53 bits per heavy atom. The molecule has 0 saturated heterocycles. The zero-order valence-corrected chi connectivity index (χ0v) is 16.8. The van der Waals surface area contributed by atoms with Crippen molar-refractivity contribution in [3.8, 4) is 23.8 Å². The average molecular weight is 404 g/mol. The van der Waals surface area contributed by atoms with Crippen LogP contribution in [-0.4, -0.2) is 38.4 Å². The molecule has 0 N–H and O–H groups in total. The van der Waals surface area contributed by atoms with Crippen molar-refractivity contribution in [2.45, 2.75) is 6.92 Å². The predicted octanol–water partition coefficient (Wildman–Crippen LogP) is 3.30. The smallest absolute Gasteiger partial charge is 0.337 e. The molecule has 0 fully saturated rings. The van der Waals surface area contributed by atoms with E-state index in [4.69, 9.17) is 15.9 Å². The van der Waals surface area contributed by atoms with Crippen molar-refractivity contribution in [3.05, 3.63) is 59.2 Å². The van der Waals surface area contributed by atoms with Crippen molar-refractivity contribution in [2.24, 2.45) is 5.10 Å². The third kappa shape index (κ3) is 4.18.